The van der Waals surface area contributed by atoms with E-state index < -0.39 is 0 Å². The van der Waals surface area contributed by atoms with Crippen LogP contribution in [0.25, 0.3) is 0 Å². The zero-order valence-corrected chi connectivity index (χ0v) is 11.7. The summed E-state index contributed by atoms with van der Waals surface area (Å²) < 4.78 is 0. The molecule has 1 N–H and O–H groups in total. The number of piperidine rings is 1. The van der Waals surface area contributed by atoms with Gasteiger partial charge in [0.2, 0.25) is 6.41 Å². The Morgan fingerprint density at radius 2 is 2.20 bits per heavy atom. The highest BCUT2D eigenvalue weighted by Gasteiger charge is 2.53. The fourth-order valence-electron chi connectivity index (χ4n) is 5.15. The number of amides is 1. The normalized spacial score (nSPS) is 35.1. The number of hydrogen-bond acceptors (Lipinski definition) is 2. The van der Waals surface area contributed by atoms with Gasteiger partial charge in [-0.3, -0.25) is 4.79 Å². The van der Waals surface area contributed by atoms with E-state index in [9.17, 15) is 9.90 Å². The van der Waals surface area contributed by atoms with Gasteiger partial charge in [0.15, 0.2) is 0 Å². The number of likely N-dealkylation sites (tertiary alicyclic amines) is 1. The molecule has 1 amide bonds. The van der Waals surface area contributed by atoms with E-state index in [1.54, 1.807) is 6.07 Å². The molecule has 3 aliphatic rings. The molecule has 1 aromatic carbocycles. The second-order valence-electron chi connectivity index (χ2n) is 6.71. The summed E-state index contributed by atoms with van der Waals surface area (Å²) in [5.74, 6) is 0.975. The first-order chi connectivity index (χ1) is 9.74. The lowest BCUT2D eigenvalue weighted by atomic mass is 9.52. The number of nitrogens with zero attached hydrogens (tertiary/aromatic N) is 1. The first-order valence-corrected chi connectivity index (χ1v) is 7.78. The van der Waals surface area contributed by atoms with Gasteiger partial charge < -0.3 is 10.0 Å². The summed E-state index contributed by atoms with van der Waals surface area (Å²) in [7, 11) is 0. The Balaban J connectivity index is 1.89. The molecule has 0 unspecified atom stereocenters. The maximum atomic E-state index is 11.4. The summed E-state index contributed by atoms with van der Waals surface area (Å²) in [6.45, 7) is 0.875. The smallest absolute Gasteiger partial charge is 0.209 e. The molecule has 1 saturated heterocycles. The van der Waals surface area contributed by atoms with Gasteiger partial charge in [0, 0.05) is 18.0 Å². The number of fused-ring (bicyclic) bond motifs is 1. The van der Waals surface area contributed by atoms with Crippen molar-refractivity contribution in [3.05, 3.63) is 29.3 Å². The molecular weight excluding hydrogens is 250 g/mol. The molecule has 1 saturated carbocycles. The van der Waals surface area contributed by atoms with Gasteiger partial charge in [-0.15, -0.1) is 0 Å². The molecule has 1 aliphatic heterocycles. The Labute approximate surface area is 119 Å². The fourth-order valence-corrected chi connectivity index (χ4v) is 5.15. The van der Waals surface area contributed by atoms with Gasteiger partial charge in [-0.1, -0.05) is 18.9 Å². The lowest BCUT2D eigenvalue weighted by Gasteiger charge is -2.58. The van der Waals surface area contributed by atoms with E-state index in [1.165, 1.54) is 36.8 Å². The molecule has 3 atom stereocenters. The average molecular weight is 271 g/mol. The third-order valence-electron chi connectivity index (χ3n) is 6.00. The van der Waals surface area contributed by atoms with Crippen LogP contribution in [0, 0.1) is 5.92 Å². The number of aromatic hydroxyl groups is 1. The number of phenolic OH excluding ortho intramolecular Hbond substituents is 1. The number of carbonyl (C=O) groups is 1. The van der Waals surface area contributed by atoms with Crippen LogP contribution in [0.2, 0.25) is 0 Å². The second-order valence-corrected chi connectivity index (χ2v) is 6.71. The molecular formula is C17H21NO2. The van der Waals surface area contributed by atoms with Crippen molar-refractivity contribution >= 4 is 6.41 Å². The Kier molecular flexibility index (Phi) is 2.60. The average Bonchev–Trinajstić information content (AvgIpc) is 2.48. The van der Waals surface area contributed by atoms with Crippen LogP contribution in [0.15, 0.2) is 18.2 Å². The van der Waals surface area contributed by atoms with Gasteiger partial charge in [0.05, 0.1) is 0 Å². The maximum absolute atomic E-state index is 11.4. The summed E-state index contributed by atoms with van der Waals surface area (Å²) in [5.41, 5.74) is 2.94. The number of benzene rings is 1. The Hall–Kier alpha value is -1.51. The lowest BCUT2D eigenvalue weighted by molar-refractivity contribution is -0.126. The fraction of sp³-hybridized carbons (Fsp3) is 0.588. The molecule has 0 spiro atoms. The molecule has 4 rings (SSSR count). The van der Waals surface area contributed by atoms with Gasteiger partial charge in [-0.05, 0) is 54.9 Å². The van der Waals surface area contributed by atoms with Crippen molar-refractivity contribution in [1.29, 1.82) is 0 Å². The number of phenols is 1. The molecule has 3 heteroatoms. The molecule has 3 nitrogen and oxygen atoms in total. The SMILES string of the molecule is O=CN1CC[C@@]23CCCC[C@@H]2[C@@H]1Cc1ccc(O)cc13. The predicted molar refractivity (Wildman–Crippen MR) is 76.6 cm³/mol. The molecule has 20 heavy (non-hydrogen) atoms. The molecule has 1 aromatic rings. The molecule has 0 aromatic heterocycles. The summed E-state index contributed by atoms with van der Waals surface area (Å²) in [6, 6.07) is 6.23. The number of rotatable bonds is 1. The van der Waals surface area contributed by atoms with E-state index in [2.05, 4.69) is 6.07 Å². The van der Waals surface area contributed by atoms with Crippen molar-refractivity contribution in [3.8, 4) is 5.75 Å². The summed E-state index contributed by atoms with van der Waals surface area (Å²) >= 11 is 0. The van der Waals surface area contributed by atoms with Crippen LogP contribution in [0.5, 0.6) is 5.75 Å². The molecule has 2 fully saturated rings. The van der Waals surface area contributed by atoms with E-state index in [4.69, 9.17) is 0 Å². The summed E-state index contributed by atoms with van der Waals surface area (Å²) in [6.07, 6.45) is 8.07. The minimum Gasteiger partial charge on any atom is -0.508 e. The van der Waals surface area contributed by atoms with Crippen molar-refractivity contribution in [2.45, 2.75) is 50.0 Å². The minimum absolute atomic E-state index is 0.217. The van der Waals surface area contributed by atoms with Crippen LogP contribution in [0.4, 0.5) is 0 Å². The van der Waals surface area contributed by atoms with Crippen LogP contribution in [0.3, 0.4) is 0 Å². The van der Waals surface area contributed by atoms with Crippen LogP contribution in [-0.2, 0) is 16.6 Å². The Bertz CT molecular complexity index is 556. The number of hydrogen-bond donors (Lipinski definition) is 1. The molecule has 2 aliphatic carbocycles. The first kappa shape index (κ1) is 12.2. The lowest BCUT2D eigenvalue weighted by Crippen LogP contribution is -2.60. The molecule has 2 bridgehead atoms. The van der Waals surface area contributed by atoms with Gasteiger partial charge in [-0.2, -0.15) is 0 Å². The van der Waals surface area contributed by atoms with Gasteiger partial charge in [-0.25, -0.2) is 0 Å². The van der Waals surface area contributed by atoms with Gasteiger partial charge in [0.25, 0.3) is 0 Å². The zero-order valence-electron chi connectivity index (χ0n) is 11.7. The van der Waals surface area contributed by atoms with E-state index in [1.807, 2.05) is 11.0 Å². The van der Waals surface area contributed by atoms with Crippen LogP contribution >= 0.6 is 0 Å². The van der Waals surface area contributed by atoms with Crippen molar-refractivity contribution in [1.82, 2.24) is 4.90 Å². The van der Waals surface area contributed by atoms with Crippen molar-refractivity contribution in [3.63, 3.8) is 0 Å². The van der Waals surface area contributed by atoms with Crippen molar-refractivity contribution in [2.75, 3.05) is 6.54 Å². The number of carbonyl (C=O) groups excluding carboxylic acids is 1. The van der Waals surface area contributed by atoms with Crippen LogP contribution < -0.4 is 0 Å². The van der Waals surface area contributed by atoms with Gasteiger partial charge in [0.1, 0.15) is 5.75 Å². The van der Waals surface area contributed by atoms with E-state index >= 15 is 0 Å². The zero-order chi connectivity index (χ0) is 13.7. The molecule has 106 valence electrons. The summed E-state index contributed by atoms with van der Waals surface area (Å²) in [4.78, 5) is 13.4. The first-order valence-electron chi connectivity index (χ1n) is 7.78. The van der Waals surface area contributed by atoms with Gasteiger partial charge >= 0.3 is 0 Å². The second kappa shape index (κ2) is 4.24. The topological polar surface area (TPSA) is 40.5 Å². The Morgan fingerprint density at radius 1 is 1.30 bits per heavy atom. The third-order valence-corrected chi connectivity index (χ3v) is 6.00. The quantitative estimate of drug-likeness (QED) is 0.798. The predicted octanol–water partition coefficient (Wildman–Crippen LogP) is 2.61. The third kappa shape index (κ3) is 1.49. The highest BCUT2D eigenvalue weighted by atomic mass is 16.3. The van der Waals surface area contributed by atoms with E-state index in [0.717, 1.165) is 25.8 Å². The summed E-state index contributed by atoms with van der Waals surface area (Å²) in [5, 5.41) is 9.90. The maximum Gasteiger partial charge on any atom is 0.209 e. The Morgan fingerprint density at radius 3 is 3.05 bits per heavy atom. The highest BCUT2D eigenvalue weighted by molar-refractivity contribution is 5.52. The largest absolute Gasteiger partial charge is 0.508 e. The van der Waals surface area contributed by atoms with E-state index in [-0.39, 0.29) is 5.41 Å². The minimum atomic E-state index is 0.217. The molecule has 0 radical (unpaired) electrons. The van der Waals surface area contributed by atoms with Crippen molar-refractivity contribution in [2.24, 2.45) is 5.92 Å². The highest BCUT2D eigenvalue weighted by Crippen LogP contribution is 2.55. The standard InChI is InChI=1S/C17H21NO2/c19-11-18-8-7-17-6-2-1-3-14(17)16(18)9-12-4-5-13(20)10-15(12)17/h4-5,10-11,14,16,20H,1-3,6-9H2/t14-,16+,17+/m1/s1. The van der Waals surface area contributed by atoms with Crippen LogP contribution in [0.1, 0.15) is 43.2 Å². The monoisotopic (exact) mass is 271 g/mol. The molecule has 1 heterocycles. The van der Waals surface area contributed by atoms with E-state index in [0.29, 0.717) is 17.7 Å². The van der Waals surface area contributed by atoms with Crippen molar-refractivity contribution < 1.29 is 9.90 Å². The van der Waals surface area contributed by atoms with Crippen LogP contribution in [-0.4, -0.2) is 29.0 Å².